The maximum atomic E-state index is 3.76. The molecule has 13 heavy (non-hydrogen) atoms. The van der Waals surface area contributed by atoms with E-state index >= 15 is 0 Å². The first kappa shape index (κ1) is 11.0. The number of hydrogen-bond acceptors (Lipinski definition) is 1. The molecule has 0 aromatic heterocycles. The predicted octanol–water partition coefficient (Wildman–Crippen LogP) is 3.20. The number of hydrogen-bond donors (Lipinski definition) is 1. The molecule has 0 bridgehead atoms. The van der Waals surface area contributed by atoms with Crippen molar-refractivity contribution in [3.63, 3.8) is 0 Å². The monoisotopic (exact) mass is 183 g/mol. The van der Waals surface area contributed by atoms with Gasteiger partial charge in [-0.1, -0.05) is 34.1 Å². The second kappa shape index (κ2) is 4.45. The van der Waals surface area contributed by atoms with Gasteiger partial charge in [-0.15, -0.1) is 0 Å². The fraction of sp³-hybridized carbons (Fsp3) is 1.00. The summed E-state index contributed by atoms with van der Waals surface area (Å²) in [6, 6.07) is 0. The molecule has 0 saturated carbocycles. The third-order valence-electron chi connectivity index (χ3n) is 3.40. The largest absolute Gasteiger partial charge is 0.311 e. The first-order valence-corrected chi connectivity index (χ1v) is 5.82. The zero-order chi connectivity index (χ0) is 9.90. The van der Waals surface area contributed by atoms with Gasteiger partial charge in [0.15, 0.2) is 0 Å². The minimum atomic E-state index is 0.451. The lowest BCUT2D eigenvalue weighted by atomic mass is 9.74. The molecular formula is C12H25N. The number of rotatable bonds is 3. The third kappa shape index (κ3) is 2.70. The minimum Gasteiger partial charge on any atom is -0.311 e. The van der Waals surface area contributed by atoms with E-state index in [2.05, 4.69) is 33.0 Å². The van der Waals surface area contributed by atoms with Crippen LogP contribution in [0.5, 0.6) is 0 Å². The van der Waals surface area contributed by atoms with Crippen molar-refractivity contribution in [2.45, 2.75) is 58.9 Å². The van der Waals surface area contributed by atoms with Gasteiger partial charge in [-0.25, -0.2) is 0 Å². The fourth-order valence-electron chi connectivity index (χ4n) is 2.62. The summed E-state index contributed by atoms with van der Waals surface area (Å²) in [5, 5.41) is 3.76. The Hall–Kier alpha value is -0.0400. The van der Waals surface area contributed by atoms with Crippen LogP contribution in [0.25, 0.3) is 0 Å². The Morgan fingerprint density at radius 2 is 1.85 bits per heavy atom. The standard InChI is InChI=1S/C12H25N/c1-10(2)9-12(11(3)4)7-5-6-8-13-12/h10-11,13H,5-9H2,1-4H3. The van der Waals surface area contributed by atoms with Crippen LogP contribution in [0.2, 0.25) is 0 Å². The summed E-state index contributed by atoms with van der Waals surface area (Å²) < 4.78 is 0. The van der Waals surface area contributed by atoms with Crippen molar-refractivity contribution >= 4 is 0 Å². The van der Waals surface area contributed by atoms with Gasteiger partial charge in [0.25, 0.3) is 0 Å². The summed E-state index contributed by atoms with van der Waals surface area (Å²) >= 11 is 0. The molecule has 0 spiro atoms. The van der Waals surface area contributed by atoms with Gasteiger partial charge in [0, 0.05) is 5.54 Å². The highest BCUT2D eigenvalue weighted by molar-refractivity contribution is 4.93. The molecule has 1 nitrogen and oxygen atoms in total. The Morgan fingerprint density at radius 1 is 1.15 bits per heavy atom. The predicted molar refractivity (Wildman–Crippen MR) is 58.9 cm³/mol. The number of piperidine rings is 1. The van der Waals surface area contributed by atoms with Crippen LogP contribution in [-0.4, -0.2) is 12.1 Å². The lowest BCUT2D eigenvalue weighted by Gasteiger charge is -2.43. The average molecular weight is 183 g/mol. The van der Waals surface area contributed by atoms with Crippen molar-refractivity contribution in [3.8, 4) is 0 Å². The maximum absolute atomic E-state index is 3.76. The van der Waals surface area contributed by atoms with Gasteiger partial charge in [-0.05, 0) is 37.6 Å². The van der Waals surface area contributed by atoms with Crippen molar-refractivity contribution < 1.29 is 0 Å². The van der Waals surface area contributed by atoms with Crippen molar-refractivity contribution in [3.05, 3.63) is 0 Å². The molecule has 0 aromatic rings. The molecule has 1 fully saturated rings. The van der Waals surface area contributed by atoms with Crippen LogP contribution in [-0.2, 0) is 0 Å². The Morgan fingerprint density at radius 3 is 2.23 bits per heavy atom. The summed E-state index contributed by atoms with van der Waals surface area (Å²) in [7, 11) is 0. The van der Waals surface area contributed by atoms with Gasteiger partial charge in [0.05, 0.1) is 0 Å². The Labute approximate surface area is 83.3 Å². The molecule has 0 aromatic carbocycles. The summed E-state index contributed by atoms with van der Waals surface area (Å²) in [5.41, 5.74) is 0.451. The quantitative estimate of drug-likeness (QED) is 0.708. The van der Waals surface area contributed by atoms with Crippen LogP contribution in [0, 0.1) is 11.8 Å². The first-order chi connectivity index (χ1) is 6.07. The van der Waals surface area contributed by atoms with E-state index in [0.29, 0.717) is 5.54 Å². The van der Waals surface area contributed by atoms with Gasteiger partial charge in [0.2, 0.25) is 0 Å². The van der Waals surface area contributed by atoms with E-state index in [-0.39, 0.29) is 0 Å². The molecule has 1 unspecified atom stereocenters. The summed E-state index contributed by atoms with van der Waals surface area (Å²) in [4.78, 5) is 0. The second-order valence-electron chi connectivity index (χ2n) is 5.29. The highest BCUT2D eigenvalue weighted by Gasteiger charge is 2.34. The maximum Gasteiger partial charge on any atom is 0.0206 e. The zero-order valence-corrected chi connectivity index (χ0v) is 9.69. The van der Waals surface area contributed by atoms with E-state index in [1.165, 1.54) is 32.2 Å². The van der Waals surface area contributed by atoms with Crippen LogP contribution in [0.15, 0.2) is 0 Å². The molecule has 0 radical (unpaired) electrons. The van der Waals surface area contributed by atoms with Crippen molar-refractivity contribution in [1.82, 2.24) is 5.32 Å². The molecule has 1 saturated heterocycles. The molecule has 1 heteroatoms. The third-order valence-corrected chi connectivity index (χ3v) is 3.40. The lowest BCUT2D eigenvalue weighted by molar-refractivity contribution is 0.151. The van der Waals surface area contributed by atoms with Gasteiger partial charge in [-0.2, -0.15) is 0 Å². The topological polar surface area (TPSA) is 12.0 Å². The molecular weight excluding hydrogens is 158 g/mol. The van der Waals surface area contributed by atoms with Crippen LogP contribution >= 0.6 is 0 Å². The second-order valence-corrected chi connectivity index (χ2v) is 5.29. The van der Waals surface area contributed by atoms with Crippen LogP contribution < -0.4 is 5.32 Å². The Kier molecular flexibility index (Phi) is 3.78. The van der Waals surface area contributed by atoms with E-state index in [9.17, 15) is 0 Å². The van der Waals surface area contributed by atoms with Crippen molar-refractivity contribution in [2.24, 2.45) is 11.8 Å². The van der Waals surface area contributed by atoms with Crippen LogP contribution in [0.4, 0.5) is 0 Å². The molecule has 1 atom stereocenters. The minimum absolute atomic E-state index is 0.451. The molecule has 0 amide bonds. The molecule has 78 valence electrons. The summed E-state index contributed by atoms with van der Waals surface area (Å²) in [5.74, 6) is 1.59. The van der Waals surface area contributed by atoms with Crippen LogP contribution in [0.3, 0.4) is 0 Å². The SMILES string of the molecule is CC(C)CC1(C(C)C)CCCCN1. The van der Waals surface area contributed by atoms with Gasteiger partial charge in [-0.3, -0.25) is 0 Å². The van der Waals surface area contributed by atoms with Crippen molar-refractivity contribution in [1.29, 1.82) is 0 Å². The molecule has 1 N–H and O–H groups in total. The zero-order valence-electron chi connectivity index (χ0n) is 9.69. The van der Waals surface area contributed by atoms with Gasteiger partial charge >= 0.3 is 0 Å². The van der Waals surface area contributed by atoms with E-state index in [0.717, 1.165) is 11.8 Å². The van der Waals surface area contributed by atoms with E-state index < -0.39 is 0 Å². The fourth-order valence-corrected chi connectivity index (χ4v) is 2.62. The normalized spacial score (nSPS) is 30.0. The smallest absolute Gasteiger partial charge is 0.0206 e. The highest BCUT2D eigenvalue weighted by atomic mass is 15.0. The molecule has 0 aliphatic carbocycles. The van der Waals surface area contributed by atoms with Crippen molar-refractivity contribution in [2.75, 3.05) is 6.54 Å². The molecule has 1 aliphatic rings. The summed E-state index contributed by atoms with van der Waals surface area (Å²) in [6.07, 6.45) is 5.50. The molecule has 1 heterocycles. The van der Waals surface area contributed by atoms with Gasteiger partial charge < -0.3 is 5.32 Å². The van der Waals surface area contributed by atoms with Crippen LogP contribution in [0.1, 0.15) is 53.4 Å². The lowest BCUT2D eigenvalue weighted by Crippen LogP contribution is -2.53. The van der Waals surface area contributed by atoms with Gasteiger partial charge in [0.1, 0.15) is 0 Å². The highest BCUT2D eigenvalue weighted by Crippen LogP contribution is 2.32. The number of nitrogens with one attached hydrogen (secondary N) is 1. The van der Waals surface area contributed by atoms with E-state index in [1.54, 1.807) is 0 Å². The Balaban J connectivity index is 2.61. The molecule has 1 aliphatic heterocycles. The van der Waals surface area contributed by atoms with E-state index in [4.69, 9.17) is 0 Å². The first-order valence-electron chi connectivity index (χ1n) is 5.82. The average Bonchev–Trinajstić information content (AvgIpc) is 2.04. The van der Waals surface area contributed by atoms with E-state index in [1.807, 2.05) is 0 Å². The molecule has 1 rings (SSSR count). The summed E-state index contributed by atoms with van der Waals surface area (Å²) in [6.45, 7) is 10.6. The Bertz CT molecular complexity index is 143.